The van der Waals surface area contributed by atoms with Gasteiger partial charge in [-0.15, -0.1) is 4.31 Å². The van der Waals surface area contributed by atoms with Gasteiger partial charge < -0.3 is 25.0 Å². The maximum Gasteiger partial charge on any atom is 0.337 e. The lowest BCUT2D eigenvalue weighted by molar-refractivity contribution is 0.0698. The number of benzene rings is 2. The van der Waals surface area contributed by atoms with Crippen LogP contribution in [0.5, 0.6) is 5.75 Å². The predicted molar refractivity (Wildman–Crippen MR) is 151 cm³/mol. The first-order valence-corrected chi connectivity index (χ1v) is 14.3. The Morgan fingerprint density at radius 3 is 2.62 bits per heavy atom. The number of hydrogen-bond donors (Lipinski definition) is 2. The van der Waals surface area contributed by atoms with Crippen LogP contribution in [0.15, 0.2) is 53.5 Å². The van der Waals surface area contributed by atoms with E-state index in [1.54, 1.807) is 36.5 Å². The number of carbonyl (C=O) groups is 1. The van der Waals surface area contributed by atoms with Crippen LogP contribution in [0.2, 0.25) is 5.02 Å². The van der Waals surface area contributed by atoms with Gasteiger partial charge in [0.1, 0.15) is 5.69 Å². The van der Waals surface area contributed by atoms with Crippen LogP contribution in [0.25, 0.3) is 5.69 Å². The first-order chi connectivity index (χ1) is 18.6. The summed E-state index contributed by atoms with van der Waals surface area (Å²) in [5.41, 5.74) is 7.43. The summed E-state index contributed by atoms with van der Waals surface area (Å²) in [6.07, 6.45) is 3.76. The molecule has 1 aliphatic carbocycles. The van der Waals surface area contributed by atoms with Gasteiger partial charge in [-0.05, 0) is 43.2 Å². The van der Waals surface area contributed by atoms with Gasteiger partial charge in [0.2, 0.25) is 5.75 Å². The topological polar surface area (TPSA) is 137 Å². The van der Waals surface area contributed by atoms with Gasteiger partial charge in [-0.1, -0.05) is 30.7 Å². The third kappa shape index (κ3) is 6.17. The Hall–Kier alpha value is -3.25. The van der Waals surface area contributed by atoms with E-state index in [0.717, 1.165) is 12.8 Å². The summed E-state index contributed by atoms with van der Waals surface area (Å²) in [6.45, 7) is 4.59. The molecule has 206 valence electrons. The van der Waals surface area contributed by atoms with Crippen molar-refractivity contribution >= 4 is 40.3 Å². The van der Waals surface area contributed by atoms with Crippen LogP contribution in [-0.2, 0) is 17.1 Å². The summed E-state index contributed by atoms with van der Waals surface area (Å²) in [7, 11) is 0. The molecule has 0 bridgehead atoms. The highest BCUT2D eigenvalue weighted by molar-refractivity contribution is 7.88. The van der Waals surface area contributed by atoms with Crippen molar-refractivity contribution in [3.63, 3.8) is 0 Å². The van der Waals surface area contributed by atoms with Crippen LogP contribution in [0.3, 0.4) is 0 Å². The number of anilines is 2. The number of hydrogen-bond acceptors (Lipinski definition) is 8. The fourth-order valence-corrected chi connectivity index (χ4v) is 5.83. The summed E-state index contributed by atoms with van der Waals surface area (Å²) in [6, 6.07) is 11.6. The molecular formula is C27H30ClN5O5S. The van der Waals surface area contributed by atoms with E-state index < -0.39 is 17.3 Å². The summed E-state index contributed by atoms with van der Waals surface area (Å²) in [4.78, 5) is 27.0. The van der Waals surface area contributed by atoms with E-state index in [-0.39, 0.29) is 33.7 Å². The molecule has 2 aliphatic rings. The number of nitrogens with zero attached hydrogens (tertiary/aromatic N) is 4. The summed E-state index contributed by atoms with van der Waals surface area (Å²) >= 11 is 4.79. The molecule has 39 heavy (non-hydrogen) atoms. The largest absolute Gasteiger partial charge is 0.598 e. The lowest BCUT2D eigenvalue weighted by Crippen LogP contribution is -2.49. The fraction of sp³-hybridized carbons (Fsp3) is 0.370. The van der Waals surface area contributed by atoms with E-state index in [1.807, 2.05) is 9.21 Å². The Morgan fingerprint density at radius 1 is 1.21 bits per heavy atom. The van der Waals surface area contributed by atoms with Crippen molar-refractivity contribution < 1.29 is 19.2 Å². The quantitative estimate of drug-likeness (QED) is 0.292. The maximum absolute atomic E-state index is 13.6. The number of carboxylic acid groups (broad SMARTS) is 1. The zero-order valence-electron chi connectivity index (χ0n) is 21.5. The van der Waals surface area contributed by atoms with Crippen LogP contribution in [0.4, 0.5) is 11.4 Å². The SMILES string of the molecule is CC1(COc2c(N3CCN([S@+]([O-])Cc4ccc(N)c(C(=O)O)c4)CC3)cnn(-c3cccc(Cl)c3)c2=O)CC1. The number of nitrogens with two attached hydrogens (primary N) is 1. The highest BCUT2D eigenvalue weighted by Gasteiger charge is 2.39. The molecular weight excluding hydrogens is 542 g/mol. The summed E-state index contributed by atoms with van der Waals surface area (Å²) in [5.74, 6) is -0.686. The molecule has 0 radical (unpaired) electrons. The van der Waals surface area contributed by atoms with Gasteiger partial charge in [0.25, 0.3) is 0 Å². The number of rotatable bonds is 9. The van der Waals surface area contributed by atoms with Gasteiger partial charge in [-0.25, -0.2) is 4.79 Å². The Bertz CT molecular complexity index is 1440. The number of halogens is 1. The van der Waals surface area contributed by atoms with Crippen molar-refractivity contribution in [1.29, 1.82) is 0 Å². The monoisotopic (exact) mass is 571 g/mol. The predicted octanol–water partition coefficient (Wildman–Crippen LogP) is 3.33. The van der Waals surface area contributed by atoms with E-state index in [4.69, 9.17) is 22.1 Å². The van der Waals surface area contributed by atoms with Crippen molar-refractivity contribution in [2.24, 2.45) is 5.41 Å². The van der Waals surface area contributed by atoms with Crippen molar-refractivity contribution in [3.8, 4) is 11.4 Å². The number of nitrogen functional groups attached to an aromatic ring is 1. The molecule has 12 heteroatoms. The average molecular weight is 572 g/mol. The number of piperazine rings is 1. The Labute approximate surface area is 234 Å². The minimum atomic E-state index is -1.36. The molecule has 1 aliphatic heterocycles. The second-order valence-corrected chi connectivity index (χ2v) is 12.1. The molecule has 1 aromatic heterocycles. The zero-order chi connectivity index (χ0) is 27.7. The molecule has 1 saturated carbocycles. The molecule has 2 fully saturated rings. The Balaban J connectivity index is 1.32. The second kappa shape index (κ2) is 11.1. The highest BCUT2D eigenvalue weighted by atomic mass is 35.5. The van der Waals surface area contributed by atoms with Crippen LogP contribution in [0, 0.1) is 5.41 Å². The molecule has 1 atom stereocenters. The maximum atomic E-state index is 13.6. The Morgan fingerprint density at radius 2 is 1.95 bits per heavy atom. The number of aromatic carboxylic acids is 1. The van der Waals surface area contributed by atoms with E-state index >= 15 is 0 Å². The van der Waals surface area contributed by atoms with Crippen molar-refractivity contribution in [3.05, 3.63) is 75.2 Å². The lowest BCUT2D eigenvalue weighted by atomic mass is 10.1. The van der Waals surface area contributed by atoms with Crippen LogP contribution < -0.4 is 20.9 Å². The first kappa shape index (κ1) is 27.3. The molecule has 3 N–H and O–H groups in total. The molecule has 0 amide bonds. The molecule has 5 rings (SSSR count). The van der Waals surface area contributed by atoms with Crippen molar-refractivity contribution in [1.82, 2.24) is 14.1 Å². The summed E-state index contributed by atoms with van der Waals surface area (Å²) in [5, 5.41) is 14.2. The lowest BCUT2D eigenvalue weighted by Gasteiger charge is -2.36. The van der Waals surface area contributed by atoms with E-state index in [0.29, 0.717) is 54.7 Å². The first-order valence-electron chi connectivity index (χ1n) is 12.6. The van der Waals surface area contributed by atoms with E-state index in [2.05, 4.69) is 12.0 Å². The van der Waals surface area contributed by atoms with Gasteiger partial charge in [0.15, 0.2) is 5.75 Å². The van der Waals surface area contributed by atoms with E-state index in [9.17, 15) is 19.2 Å². The van der Waals surface area contributed by atoms with Gasteiger partial charge in [0.05, 0.1) is 37.1 Å². The molecule has 0 spiro atoms. The van der Waals surface area contributed by atoms with Crippen molar-refractivity contribution in [2.45, 2.75) is 25.5 Å². The van der Waals surface area contributed by atoms with Crippen LogP contribution in [-0.4, -0.2) is 62.5 Å². The average Bonchev–Trinajstić information content (AvgIpc) is 3.66. The highest BCUT2D eigenvalue weighted by Crippen LogP contribution is 2.45. The second-order valence-electron chi connectivity index (χ2n) is 10.3. The summed E-state index contributed by atoms with van der Waals surface area (Å²) < 4.78 is 22.4. The smallest absolute Gasteiger partial charge is 0.337 e. The van der Waals surface area contributed by atoms with Crippen molar-refractivity contribution in [2.75, 3.05) is 43.4 Å². The molecule has 3 aromatic rings. The minimum Gasteiger partial charge on any atom is -0.598 e. The van der Waals surface area contributed by atoms with Crippen LogP contribution >= 0.6 is 11.6 Å². The van der Waals surface area contributed by atoms with E-state index in [1.165, 1.54) is 16.8 Å². The Kier molecular flexibility index (Phi) is 7.77. The third-order valence-corrected chi connectivity index (χ3v) is 8.90. The number of aromatic nitrogens is 2. The van der Waals surface area contributed by atoms with Gasteiger partial charge in [-0.3, -0.25) is 4.79 Å². The molecule has 2 heterocycles. The van der Waals surface area contributed by atoms with Gasteiger partial charge in [0, 0.05) is 46.1 Å². The number of carboxylic acids is 1. The molecule has 10 nitrogen and oxygen atoms in total. The minimum absolute atomic E-state index is 0.00177. The fourth-order valence-electron chi connectivity index (χ4n) is 4.43. The standard InChI is InChI=1S/C27H30ClN5O5S/c1-27(7-8-27)17-38-24-23(15-30-33(25(24)34)20-4-2-3-19(28)14-20)31-9-11-32(12-10-31)39(37)16-18-5-6-22(29)21(13-18)26(35)36/h2-6,13-15H,7-12,16-17,29H2,1H3,(H,35,36)/t39-/m1/s1. The number of ether oxygens (including phenoxy) is 1. The van der Waals surface area contributed by atoms with Gasteiger partial charge in [-0.2, -0.15) is 9.78 Å². The molecule has 0 unspecified atom stereocenters. The van der Waals surface area contributed by atoms with Gasteiger partial charge >= 0.3 is 11.5 Å². The third-order valence-electron chi connectivity index (χ3n) is 7.14. The van der Waals surface area contributed by atoms with Crippen LogP contribution in [0.1, 0.15) is 35.7 Å². The zero-order valence-corrected chi connectivity index (χ0v) is 23.1. The molecule has 2 aromatic carbocycles. The normalized spacial score (nSPS) is 17.6. The molecule has 1 saturated heterocycles.